The van der Waals surface area contributed by atoms with Crippen molar-refractivity contribution < 1.29 is 4.92 Å². The Morgan fingerprint density at radius 1 is 1.31 bits per heavy atom. The van der Waals surface area contributed by atoms with Crippen molar-refractivity contribution >= 4 is 52.6 Å². The molecule has 0 amide bonds. The fourth-order valence-electron chi connectivity index (χ4n) is 2.12. The fraction of sp³-hybridized carbons (Fsp3) is 0.375. The van der Waals surface area contributed by atoms with Crippen molar-refractivity contribution in [3.63, 3.8) is 0 Å². The number of guanidine groups is 1. The third kappa shape index (κ3) is 7.12. The van der Waals surface area contributed by atoms with Crippen LogP contribution in [0.3, 0.4) is 0 Å². The number of nitro groups is 1. The molecule has 0 radical (unpaired) electrons. The maximum absolute atomic E-state index is 11.0. The first kappa shape index (κ1) is 22.1. The second-order valence-electron chi connectivity index (χ2n) is 5.19. The molecule has 1 aromatic heterocycles. The second kappa shape index (κ2) is 11.6. The Morgan fingerprint density at radius 2 is 2.08 bits per heavy atom. The van der Waals surface area contributed by atoms with Crippen LogP contribution in [0.25, 0.3) is 0 Å². The van der Waals surface area contributed by atoms with Crippen LogP contribution in [0, 0.1) is 17.0 Å². The SMILES string of the molecule is CCNC(=NCc1ncc(C)s1)NCCNc1ccccc1[N+](=O)[O-].I. The van der Waals surface area contributed by atoms with E-state index in [4.69, 9.17) is 0 Å². The number of nitrogens with one attached hydrogen (secondary N) is 3. The molecule has 142 valence electrons. The molecule has 0 unspecified atom stereocenters. The number of anilines is 1. The van der Waals surface area contributed by atoms with Crippen LogP contribution in [0.15, 0.2) is 35.5 Å². The van der Waals surface area contributed by atoms with Gasteiger partial charge < -0.3 is 16.0 Å². The summed E-state index contributed by atoms with van der Waals surface area (Å²) in [5.41, 5.74) is 0.580. The lowest BCUT2D eigenvalue weighted by atomic mass is 10.2. The first-order valence-electron chi connectivity index (χ1n) is 8.01. The molecule has 0 aliphatic heterocycles. The number of thiazole rings is 1. The van der Waals surface area contributed by atoms with E-state index >= 15 is 0 Å². The molecule has 10 heteroatoms. The van der Waals surface area contributed by atoms with Crippen LogP contribution in [0.5, 0.6) is 0 Å². The van der Waals surface area contributed by atoms with Crippen molar-refractivity contribution in [3.8, 4) is 0 Å². The maximum atomic E-state index is 11.0. The molecule has 0 saturated heterocycles. The van der Waals surface area contributed by atoms with Gasteiger partial charge in [-0.1, -0.05) is 12.1 Å². The Labute approximate surface area is 173 Å². The van der Waals surface area contributed by atoms with Crippen molar-refractivity contribution in [1.82, 2.24) is 15.6 Å². The van der Waals surface area contributed by atoms with Crippen LogP contribution in [0.4, 0.5) is 11.4 Å². The van der Waals surface area contributed by atoms with Gasteiger partial charge in [-0.05, 0) is 19.9 Å². The minimum absolute atomic E-state index is 0. The van der Waals surface area contributed by atoms with E-state index in [2.05, 4.69) is 25.9 Å². The summed E-state index contributed by atoms with van der Waals surface area (Å²) in [5.74, 6) is 0.694. The molecule has 0 fully saturated rings. The molecule has 0 atom stereocenters. The maximum Gasteiger partial charge on any atom is 0.292 e. The van der Waals surface area contributed by atoms with Gasteiger partial charge in [-0.15, -0.1) is 35.3 Å². The Balaban J connectivity index is 0.00000338. The summed E-state index contributed by atoms with van der Waals surface area (Å²) in [6.07, 6.45) is 1.84. The van der Waals surface area contributed by atoms with E-state index in [9.17, 15) is 10.1 Å². The third-order valence-electron chi connectivity index (χ3n) is 3.22. The fourth-order valence-corrected chi connectivity index (χ4v) is 2.83. The van der Waals surface area contributed by atoms with Crippen LogP contribution < -0.4 is 16.0 Å². The van der Waals surface area contributed by atoms with Crippen LogP contribution in [-0.2, 0) is 6.54 Å². The number of hydrogen-bond donors (Lipinski definition) is 3. The standard InChI is InChI=1S/C16H22N6O2S.HI/c1-3-17-16(21-11-15-20-10-12(2)25-15)19-9-8-18-13-6-4-5-7-14(13)22(23)24;/h4-7,10,18H,3,8-9,11H2,1-2H3,(H2,17,19,21);1H. The van der Waals surface area contributed by atoms with Crippen molar-refractivity contribution in [3.05, 3.63) is 50.5 Å². The molecule has 1 heterocycles. The number of nitro benzene ring substituents is 1. The minimum Gasteiger partial charge on any atom is -0.378 e. The predicted octanol–water partition coefficient (Wildman–Crippen LogP) is 3.14. The van der Waals surface area contributed by atoms with Crippen molar-refractivity contribution in [2.45, 2.75) is 20.4 Å². The van der Waals surface area contributed by atoms with Crippen molar-refractivity contribution in [2.24, 2.45) is 4.99 Å². The molecule has 26 heavy (non-hydrogen) atoms. The molecule has 0 bridgehead atoms. The third-order valence-corrected chi connectivity index (χ3v) is 4.12. The Bertz CT molecular complexity index is 737. The quantitative estimate of drug-likeness (QED) is 0.131. The van der Waals surface area contributed by atoms with Crippen LogP contribution in [-0.4, -0.2) is 35.5 Å². The van der Waals surface area contributed by atoms with E-state index in [1.54, 1.807) is 29.5 Å². The summed E-state index contributed by atoms with van der Waals surface area (Å²) in [6.45, 7) is 6.39. The van der Waals surface area contributed by atoms with Gasteiger partial charge in [0.2, 0.25) is 0 Å². The molecule has 0 saturated carbocycles. The highest BCUT2D eigenvalue weighted by Crippen LogP contribution is 2.22. The van der Waals surface area contributed by atoms with Gasteiger partial charge >= 0.3 is 0 Å². The van der Waals surface area contributed by atoms with Crippen molar-refractivity contribution in [1.29, 1.82) is 0 Å². The van der Waals surface area contributed by atoms with E-state index < -0.39 is 4.92 Å². The lowest BCUT2D eigenvalue weighted by Gasteiger charge is -2.12. The van der Waals surface area contributed by atoms with Crippen LogP contribution in [0.1, 0.15) is 16.8 Å². The number of rotatable bonds is 8. The summed E-state index contributed by atoms with van der Waals surface area (Å²) in [6, 6.07) is 6.60. The number of aliphatic imine (C=N–C) groups is 1. The second-order valence-corrected chi connectivity index (χ2v) is 6.51. The lowest BCUT2D eigenvalue weighted by Crippen LogP contribution is -2.39. The highest BCUT2D eigenvalue weighted by Gasteiger charge is 2.11. The van der Waals surface area contributed by atoms with E-state index in [-0.39, 0.29) is 29.7 Å². The molecule has 0 aliphatic carbocycles. The summed E-state index contributed by atoms with van der Waals surface area (Å²) < 4.78 is 0. The lowest BCUT2D eigenvalue weighted by molar-refractivity contribution is -0.384. The normalized spacial score (nSPS) is 10.8. The summed E-state index contributed by atoms with van der Waals surface area (Å²) >= 11 is 1.63. The number of halogens is 1. The van der Waals surface area contributed by atoms with Gasteiger partial charge in [0.1, 0.15) is 10.7 Å². The van der Waals surface area contributed by atoms with Gasteiger partial charge in [-0.3, -0.25) is 10.1 Å². The largest absolute Gasteiger partial charge is 0.378 e. The van der Waals surface area contributed by atoms with E-state index in [0.29, 0.717) is 31.3 Å². The number of aryl methyl sites for hydroxylation is 1. The number of aromatic nitrogens is 1. The smallest absolute Gasteiger partial charge is 0.292 e. The monoisotopic (exact) mass is 490 g/mol. The first-order chi connectivity index (χ1) is 12.1. The van der Waals surface area contributed by atoms with Gasteiger partial charge in [-0.25, -0.2) is 9.98 Å². The molecule has 1 aromatic carbocycles. The zero-order chi connectivity index (χ0) is 18.1. The average Bonchev–Trinajstić information content (AvgIpc) is 3.02. The molecule has 0 aliphatic rings. The van der Waals surface area contributed by atoms with E-state index in [1.165, 1.54) is 6.07 Å². The Kier molecular flexibility index (Phi) is 9.88. The number of nitrogens with zero attached hydrogens (tertiary/aromatic N) is 3. The number of hydrogen-bond acceptors (Lipinski definition) is 6. The van der Waals surface area contributed by atoms with E-state index in [1.807, 2.05) is 20.0 Å². The first-order valence-corrected chi connectivity index (χ1v) is 8.82. The van der Waals surface area contributed by atoms with Crippen molar-refractivity contribution in [2.75, 3.05) is 25.0 Å². The van der Waals surface area contributed by atoms with Gasteiger partial charge in [0, 0.05) is 36.8 Å². The summed E-state index contributed by atoms with van der Waals surface area (Å²) in [4.78, 5) is 20.5. The number of para-hydroxylation sites is 2. The molecular formula is C16H23IN6O2S. The van der Waals surface area contributed by atoms with Gasteiger partial charge in [-0.2, -0.15) is 0 Å². The molecule has 0 spiro atoms. The highest BCUT2D eigenvalue weighted by atomic mass is 127. The van der Waals surface area contributed by atoms with Gasteiger partial charge in [0.15, 0.2) is 5.96 Å². The Hall–Kier alpha value is -1.95. The minimum atomic E-state index is -0.392. The zero-order valence-corrected chi connectivity index (χ0v) is 17.8. The molecule has 2 aromatic rings. The predicted molar refractivity (Wildman–Crippen MR) is 117 cm³/mol. The summed E-state index contributed by atoms with van der Waals surface area (Å²) in [7, 11) is 0. The topological polar surface area (TPSA) is 104 Å². The van der Waals surface area contributed by atoms with E-state index in [0.717, 1.165) is 16.4 Å². The van der Waals surface area contributed by atoms with Crippen LogP contribution in [0.2, 0.25) is 0 Å². The summed E-state index contributed by atoms with van der Waals surface area (Å²) in [5, 5.41) is 21.4. The molecule has 2 rings (SSSR count). The molecule has 8 nitrogen and oxygen atoms in total. The zero-order valence-electron chi connectivity index (χ0n) is 14.7. The molecular weight excluding hydrogens is 467 g/mol. The Morgan fingerprint density at radius 3 is 2.73 bits per heavy atom. The number of benzene rings is 1. The van der Waals surface area contributed by atoms with Crippen LogP contribution >= 0.6 is 35.3 Å². The highest BCUT2D eigenvalue weighted by molar-refractivity contribution is 14.0. The molecule has 3 N–H and O–H groups in total. The average molecular weight is 490 g/mol. The van der Waals surface area contributed by atoms with Gasteiger partial charge in [0.05, 0.1) is 11.5 Å². The van der Waals surface area contributed by atoms with Gasteiger partial charge in [0.25, 0.3) is 5.69 Å².